The van der Waals surface area contributed by atoms with Crippen LogP contribution >= 0.6 is 23.1 Å². The van der Waals surface area contributed by atoms with E-state index in [-0.39, 0.29) is 6.03 Å². The number of carbonyl (C=O) groups is 1. The molecule has 1 aliphatic rings. The maximum Gasteiger partial charge on any atom is 0.322 e. The minimum absolute atomic E-state index is 0.139. The second kappa shape index (κ2) is 6.26. The number of fused-ring (bicyclic) bond motifs is 1. The molecule has 3 heterocycles. The van der Waals surface area contributed by atoms with E-state index in [1.807, 2.05) is 18.2 Å². The minimum Gasteiger partial charge on any atom is -0.320 e. The van der Waals surface area contributed by atoms with Gasteiger partial charge in [0.15, 0.2) is 0 Å². The highest BCUT2D eigenvalue weighted by Gasteiger charge is 2.26. The minimum atomic E-state index is -0.139. The molecule has 2 amide bonds. The molecule has 0 fully saturated rings. The Morgan fingerprint density at radius 3 is 3.08 bits per heavy atom. The molecule has 24 heavy (non-hydrogen) atoms. The lowest BCUT2D eigenvalue weighted by Gasteiger charge is -2.27. The standard InChI is InChI=1S/C16H14ClN5OS/c17-10-2-1-3-11(8-10)19-16(23)22-7-5-13-12(9-22)15(21-20-13)14-4-6-18-24-14/h1-4,6,8H,5,7,9H2,(H,19,23)(H,20,21). The quantitative estimate of drug-likeness (QED) is 0.731. The van der Waals surface area contributed by atoms with E-state index in [1.54, 1.807) is 23.2 Å². The number of hydrogen-bond donors (Lipinski definition) is 2. The van der Waals surface area contributed by atoms with E-state index in [9.17, 15) is 4.79 Å². The van der Waals surface area contributed by atoms with E-state index in [4.69, 9.17) is 11.6 Å². The molecule has 122 valence electrons. The van der Waals surface area contributed by atoms with Crippen LogP contribution in [0, 0.1) is 0 Å². The van der Waals surface area contributed by atoms with E-state index in [0.29, 0.717) is 23.8 Å². The fourth-order valence-corrected chi connectivity index (χ4v) is 3.58. The van der Waals surface area contributed by atoms with Crippen molar-refractivity contribution in [2.24, 2.45) is 0 Å². The number of nitrogens with one attached hydrogen (secondary N) is 2. The highest BCUT2D eigenvalue weighted by molar-refractivity contribution is 7.09. The van der Waals surface area contributed by atoms with E-state index in [2.05, 4.69) is 19.9 Å². The summed E-state index contributed by atoms with van der Waals surface area (Å²) in [6.45, 7) is 1.16. The summed E-state index contributed by atoms with van der Waals surface area (Å²) in [5.41, 5.74) is 3.72. The molecule has 0 radical (unpaired) electrons. The Morgan fingerprint density at radius 1 is 1.38 bits per heavy atom. The molecular weight excluding hydrogens is 346 g/mol. The van der Waals surface area contributed by atoms with Gasteiger partial charge in [-0.1, -0.05) is 17.7 Å². The molecule has 0 saturated carbocycles. The Bertz CT molecular complexity index is 876. The molecule has 0 saturated heterocycles. The van der Waals surface area contributed by atoms with Gasteiger partial charge in [0.05, 0.1) is 11.4 Å². The summed E-state index contributed by atoms with van der Waals surface area (Å²) in [6, 6.07) is 8.93. The number of benzene rings is 1. The number of hydrogen-bond acceptors (Lipinski definition) is 4. The van der Waals surface area contributed by atoms with Gasteiger partial charge in [0.1, 0.15) is 5.69 Å². The van der Waals surface area contributed by atoms with Crippen LogP contribution in [0.5, 0.6) is 0 Å². The maximum absolute atomic E-state index is 12.5. The molecule has 8 heteroatoms. The first-order valence-electron chi connectivity index (χ1n) is 7.49. The first-order chi connectivity index (χ1) is 11.7. The van der Waals surface area contributed by atoms with Crippen LogP contribution in [-0.4, -0.2) is 32.0 Å². The van der Waals surface area contributed by atoms with Crippen molar-refractivity contribution >= 4 is 34.9 Å². The summed E-state index contributed by atoms with van der Waals surface area (Å²) >= 11 is 7.36. The number of rotatable bonds is 2. The summed E-state index contributed by atoms with van der Waals surface area (Å²) in [6.07, 6.45) is 2.51. The third-order valence-corrected chi connectivity index (χ3v) is 4.96. The van der Waals surface area contributed by atoms with Crippen LogP contribution in [0.1, 0.15) is 11.3 Å². The third kappa shape index (κ3) is 2.88. The van der Waals surface area contributed by atoms with Gasteiger partial charge in [-0.05, 0) is 35.8 Å². The number of carbonyl (C=O) groups excluding carboxylic acids is 1. The van der Waals surface area contributed by atoms with Gasteiger partial charge in [0, 0.05) is 41.1 Å². The van der Waals surface area contributed by atoms with Crippen molar-refractivity contribution in [1.29, 1.82) is 0 Å². The van der Waals surface area contributed by atoms with Crippen molar-refractivity contribution in [2.75, 3.05) is 11.9 Å². The molecule has 1 aliphatic heterocycles. The van der Waals surface area contributed by atoms with Crippen molar-refractivity contribution in [3.63, 3.8) is 0 Å². The van der Waals surface area contributed by atoms with Crippen molar-refractivity contribution in [3.8, 4) is 10.6 Å². The van der Waals surface area contributed by atoms with Crippen molar-refractivity contribution in [2.45, 2.75) is 13.0 Å². The predicted octanol–water partition coefficient (Wildman–Crippen LogP) is 3.78. The average Bonchev–Trinajstić information content (AvgIpc) is 3.23. The van der Waals surface area contributed by atoms with Crippen LogP contribution in [0.15, 0.2) is 36.5 Å². The van der Waals surface area contributed by atoms with Gasteiger partial charge in [-0.15, -0.1) is 0 Å². The molecule has 0 bridgehead atoms. The number of nitrogens with zero attached hydrogens (tertiary/aromatic N) is 3. The Hall–Kier alpha value is -2.38. The first kappa shape index (κ1) is 15.2. The smallest absolute Gasteiger partial charge is 0.320 e. The lowest BCUT2D eigenvalue weighted by atomic mass is 10.1. The molecule has 0 spiro atoms. The summed E-state index contributed by atoms with van der Waals surface area (Å²) in [5, 5.41) is 11.0. The highest BCUT2D eigenvalue weighted by atomic mass is 35.5. The van der Waals surface area contributed by atoms with Crippen LogP contribution in [0.2, 0.25) is 5.02 Å². The molecule has 0 unspecified atom stereocenters. The summed E-state index contributed by atoms with van der Waals surface area (Å²) in [5.74, 6) is 0. The van der Waals surface area contributed by atoms with Crippen LogP contribution in [0.3, 0.4) is 0 Å². The van der Waals surface area contributed by atoms with Crippen molar-refractivity contribution in [3.05, 3.63) is 52.8 Å². The lowest BCUT2D eigenvalue weighted by molar-refractivity contribution is 0.206. The van der Waals surface area contributed by atoms with E-state index >= 15 is 0 Å². The molecule has 4 rings (SSSR count). The second-order valence-electron chi connectivity index (χ2n) is 5.52. The number of halogens is 1. The molecule has 0 atom stereocenters. The molecule has 2 N–H and O–H groups in total. The Balaban J connectivity index is 1.53. The van der Waals surface area contributed by atoms with Crippen LogP contribution in [-0.2, 0) is 13.0 Å². The number of urea groups is 1. The molecule has 2 aromatic heterocycles. The Morgan fingerprint density at radius 2 is 2.29 bits per heavy atom. The van der Waals surface area contributed by atoms with Gasteiger partial charge in [0.25, 0.3) is 0 Å². The zero-order valence-corrected chi connectivity index (χ0v) is 14.2. The summed E-state index contributed by atoms with van der Waals surface area (Å²) in [7, 11) is 0. The SMILES string of the molecule is O=C(Nc1cccc(Cl)c1)N1CCc2[nH]nc(-c3ccns3)c2C1. The second-order valence-corrected chi connectivity index (χ2v) is 6.79. The van der Waals surface area contributed by atoms with Crippen LogP contribution in [0.4, 0.5) is 10.5 Å². The zero-order chi connectivity index (χ0) is 16.5. The van der Waals surface area contributed by atoms with Gasteiger partial charge in [-0.3, -0.25) is 5.10 Å². The van der Waals surface area contributed by atoms with Gasteiger partial charge in [-0.25, -0.2) is 9.17 Å². The zero-order valence-electron chi connectivity index (χ0n) is 12.6. The highest BCUT2D eigenvalue weighted by Crippen LogP contribution is 2.30. The predicted molar refractivity (Wildman–Crippen MR) is 94.3 cm³/mol. The summed E-state index contributed by atoms with van der Waals surface area (Å²) < 4.78 is 4.13. The molecular formula is C16H14ClN5OS. The number of aromatic amines is 1. The first-order valence-corrected chi connectivity index (χ1v) is 8.64. The van der Waals surface area contributed by atoms with E-state index < -0.39 is 0 Å². The maximum atomic E-state index is 12.5. The number of amides is 2. The largest absolute Gasteiger partial charge is 0.322 e. The van der Waals surface area contributed by atoms with Crippen LogP contribution < -0.4 is 5.32 Å². The van der Waals surface area contributed by atoms with Gasteiger partial charge >= 0.3 is 6.03 Å². The lowest BCUT2D eigenvalue weighted by Crippen LogP contribution is -2.38. The van der Waals surface area contributed by atoms with E-state index in [0.717, 1.165) is 28.2 Å². The third-order valence-electron chi connectivity index (χ3n) is 3.97. The Labute approximate surface area is 147 Å². The topological polar surface area (TPSA) is 73.9 Å². The van der Waals surface area contributed by atoms with Crippen molar-refractivity contribution < 1.29 is 4.79 Å². The van der Waals surface area contributed by atoms with Crippen molar-refractivity contribution in [1.82, 2.24) is 19.5 Å². The molecule has 0 aliphatic carbocycles. The molecule has 6 nitrogen and oxygen atoms in total. The molecule has 1 aromatic carbocycles. The number of anilines is 1. The fraction of sp³-hybridized carbons (Fsp3) is 0.188. The van der Waals surface area contributed by atoms with E-state index in [1.165, 1.54) is 11.5 Å². The van der Waals surface area contributed by atoms with Gasteiger partial charge < -0.3 is 10.2 Å². The monoisotopic (exact) mass is 359 g/mol. The fourth-order valence-electron chi connectivity index (χ4n) is 2.78. The normalized spacial score (nSPS) is 13.6. The number of aromatic nitrogens is 3. The van der Waals surface area contributed by atoms with Crippen LogP contribution in [0.25, 0.3) is 10.6 Å². The summed E-state index contributed by atoms with van der Waals surface area (Å²) in [4.78, 5) is 15.3. The Kier molecular flexibility index (Phi) is 3.95. The average molecular weight is 360 g/mol. The van der Waals surface area contributed by atoms with Gasteiger partial charge in [-0.2, -0.15) is 5.10 Å². The molecule has 3 aromatic rings. The van der Waals surface area contributed by atoms with Gasteiger partial charge in [0.2, 0.25) is 0 Å². The number of H-pyrrole nitrogens is 1.